The predicted molar refractivity (Wildman–Crippen MR) is 83.2 cm³/mol. The van der Waals surface area contributed by atoms with E-state index in [4.69, 9.17) is 23.2 Å². The topological polar surface area (TPSA) is 60.9 Å². The van der Waals surface area contributed by atoms with Crippen LogP contribution in [-0.2, 0) is 16.6 Å². The molecule has 0 amide bonds. The zero-order valence-electron chi connectivity index (χ0n) is 11.9. The van der Waals surface area contributed by atoms with Gasteiger partial charge in [0.2, 0.25) is 10.0 Å². The average Bonchev–Trinajstić information content (AvgIpc) is 2.37. The number of likely N-dealkylation sites (N-methyl/N-ethyl adjacent to an activating group) is 1. The lowest BCUT2D eigenvalue weighted by Crippen LogP contribution is -2.52. The largest absolute Gasteiger partial charge is 0.392 e. The number of hydrogen-bond donors (Lipinski definition) is 1. The lowest BCUT2D eigenvalue weighted by atomic mass is 10.2. The van der Waals surface area contributed by atoms with Crippen molar-refractivity contribution in [2.45, 2.75) is 24.5 Å². The second-order valence-electron chi connectivity index (χ2n) is 5.26. The Morgan fingerprint density at radius 2 is 1.95 bits per heavy atom. The van der Waals surface area contributed by atoms with Gasteiger partial charge in [-0.2, -0.15) is 4.31 Å². The molecule has 1 aliphatic rings. The normalized spacial score (nSPS) is 21.7. The summed E-state index contributed by atoms with van der Waals surface area (Å²) >= 11 is 12.0. The van der Waals surface area contributed by atoms with Crippen molar-refractivity contribution in [3.05, 3.63) is 27.7 Å². The van der Waals surface area contributed by atoms with Crippen molar-refractivity contribution < 1.29 is 13.5 Å². The first-order chi connectivity index (χ1) is 9.77. The van der Waals surface area contributed by atoms with Crippen LogP contribution >= 0.6 is 23.2 Å². The number of sulfonamides is 1. The first-order valence-electron chi connectivity index (χ1n) is 6.56. The molecule has 1 heterocycles. The molecule has 8 heteroatoms. The molecule has 0 aliphatic carbocycles. The standard InChI is InChI=1S/C13H18Cl2N2O3S/c1-9-7-16(2)3-4-17(9)21(19,20)13-5-10(8-18)11(14)6-12(13)15/h5-6,9,18H,3-4,7-8H2,1-2H3. The highest BCUT2D eigenvalue weighted by molar-refractivity contribution is 7.89. The summed E-state index contributed by atoms with van der Waals surface area (Å²) in [7, 11) is -1.75. The van der Waals surface area contributed by atoms with Crippen molar-refractivity contribution in [3.8, 4) is 0 Å². The molecule has 1 N–H and O–H groups in total. The molecule has 0 aromatic heterocycles. The summed E-state index contributed by atoms with van der Waals surface area (Å²) in [4.78, 5) is 2.08. The van der Waals surface area contributed by atoms with Crippen molar-refractivity contribution in [1.29, 1.82) is 0 Å². The predicted octanol–water partition coefficient (Wildman–Crippen LogP) is 1.81. The van der Waals surface area contributed by atoms with Crippen LogP contribution in [0, 0.1) is 0 Å². The highest BCUT2D eigenvalue weighted by Gasteiger charge is 2.34. The molecule has 1 saturated heterocycles. The minimum atomic E-state index is -3.71. The molecule has 1 fully saturated rings. The molecule has 1 unspecified atom stereocenters. The van der Waals surface area contributed by atoms with E-state index in [1.807, 2.05) is 14.0 Å². The highest BCUT2D eigenvalue weighted by Crippen LogP contribution is 2.32. The van der Waals surface area contributed by atoms with E-state index in [0.717, 1.165) is 0 Å². The molecule has 2 rings (SSSR count). The Labute approximate surface area is 135 Å². The van der Waals surface area contributed by atoms with Crippen molar-refractivity contribution >= 4 is 33.2 Å². The van der Waals surface area contributed by atoms with E-state index in [1.54, 1.807) is 0 Å². The van der Waals surface area contributed by atoms with E-state index in [9.17, 15) is 13.5 Å². The lowest BCUT2D eigenvalue weighted by molar-refractivity contribution is 0.170. The van der Waals surface area contributed by atoms with Crippen LogP contribution in [0.15, 0.2) is 17.0 Å². The minimum Gasteiger partial charge on any atom is -0.392 e. The average molecular weight is 353 g/mol. The third-order valence-corrected chi connectivity index (χ3v) is 6.46. The van der Waals surface area contributed by atoms with E-state index in [0.29, 0.717) is 25.2 Å². The van der Waals surface area contributed by atoms with Crippen LogP contribution in [0.3, 0.4) is 0 Å². The number of halogens is 2. The van der Waals surface area contributed by atoms with Gasteiger partial charge in [0.25, 0.3) is 0 Å². The van der Waals surface area contributed by atoms with Gasteiger partial charge < -0.3 is 10.0 Å². The van der Waals surface area contributed by atoms with E-state index < -0.39 is 10.0 Å². The van der Waals surface area contributed by atoms with Crippen molar-refractivity contribution in [1.82, 2.24) is 9.21 Å². The van der Waals surface area contributed by atoms with Gasteiger partial charge >= 0.3 is 0 Å². The molecule has 1 aliphatic heterocycles. The Hall–Kier alpha value is -0.370. The molecule has 5 nitrogen and oxygen atoms in total. The van der Waals surface area contributed by atoms with Gasteiger partial charge in [0, 0.05) is 30.7 Å². The summed E-state index contributed by atoms with van der Waals surface area (Å²) in [5.41, 5.74) is 0.349. The molecule has 21 heavy (non-hydrogen) atoms. The number of rotatable bonds is 3. The molecule has 0 bridgehead atoms. The first kappa shape index (κ1) is 17.0. The second-order valence-corrected chi connectivity index (χ2v) is 7.93. The lowest BCUT2D eigenvalue weighted by Gasteiger charge is -2.37. The molecular formula is C13H18Cl2N2O3S. The van der Waals surface area contributed by atoms with Crippen LogP contribution in [0.4, 0.5) is 0 Å². The van der Waals surface area contributed by atoms with Crippen molar-refractivity contribution in [2.24, 2.45) is 0 Å². The summed E-state index contributed by atoms with van der Waals surface area (Å²) in [5.74, 6) is 0. The fourth-order valence-electron chi connectivity index (χ4n) is 2.50. The Bertz CT molecular complexity index is 637. The Morgan fingerprint density at radius 3 is 2.52 bits per heavy atom. The van der Waals surface area contributed by atoms with E-state index >= 15 is 0 Å². The zero-order chi connectivity index (χ0) is 15.8. The van der Waals surface area contributed by atoms with Gasteiger partial charge in [-0.15, -0.1) is 0 Å². The maximum absolute atomic E-state index is 12.8. The molecule has 1 aromatic rings. The molecule has 118 valence electrons. The molecule has 0 spiro atoms. The van der Waals surface area contributed by atoms with Crippen molar-refractivity contribution in [2.75, 3.05) is 26.7 Å². The summed E-state index contributed by atoms with van der Waals surface area (Å²) < 4.78 is 27.1. The number of hydrogen-bond acceptors (Lipinski definition) is 4. The molecule has 1 atom stereocenters. The SMILES string of the molecule is CC1CN(C)CCN1S(=O)(=O)c1cc(CO)c(Cl)cc1Cl. The Balaban J connectivity index is 2.44. The molecule has 0 radical (unpaired) electrons. The highest BCUT2D eigenvalue weighted by atomic mass is 35.5. The Kier molecular flexibility index (Phi) is 5.18. The quantitative estimate of drug-likeness (QED) is 0.901. The van der Waals surface area contributed by atoms with Crippen molar-refractivity contribution in [3.63, 3.8) is 0 Å². The third kappa shape index (κ3) is 3.36. The van der Waals surface area contributed by atoms with Crippen LogP contribution in [0.2, 0.25) is 10.0 Å². The van der Waals surface area contributed by atoms with Crippen LogP contribution < -0.4 is 0 Å². The second kappa shape index (κ2) is 6.40. The first-order valence-corrected chi connectivity index (χ1v) is 8.76. The molecule has 0 saturated carbocycles. The zero-order valence-corrected chi connectivity index (χ0v) is 14.2. The van der Waals surface area contributed by atoms with E-state index in [1.165, 1.54) is 16.4 Å². The summed E-state index contributed by atoms with van der Waals surface area (Å²) in [6, 6.07) is 2.57. The van der Waals surface area contributed by atoms with Gasteiger partial charge in [0.05, 0.1) is 11.6 Å². The number of aliphatic hydroxyl groups excluding tert-OH is 1. The smallest absolute Gasteiger partial charge is 0.244 e. The number of piperazine rings is 1. The maximum atomic E-state index is 12.8. The van der Waals surface area contributed by atoms with Gasteiger partial charge in [-0.3, -0.25) is 0 Å². The third-order valence-electron chi connectivity index (χ3n) is 3.63. The fourth-order valence-corrected chi connectivity index (χ4v) is 4.94. The maximum Gasteiger partial charge on any atom is 0.244 e. The Morgan fingerprint density at radius 1 is 1.29 bits per heavy atom. The van der Waals surface area contributed by atoms with Crippen LogP contribution in [0.1, 0.15) is 12.5 Å². The number of nitrogens with zero attached hydrogens (tertiary/aromatic N) is 2. The summed E-state index contributed by atoms with van der Waals surface area (Å²) in [5, 5.41) is 9.58. The van der Waals surface area contributed by atoms with Gasteiger partial charge in [-0.1, -0.05) is 23.2 Å². The fraction of sp³-hybridized carbons (Fsp3) is 0.538. The van der Waals surface area contributed by atoms with Crippen LogP contribution in [0.25, 0.3) is 0 Å². The van der Waals surface area contributed by atoms with Crippen LogP contribution in [0.5, 0.6) is 0 Å². The van der Waals surface area contributed by atoms with Gasteiger partial charge in [-0.05, 0) is 31.7 Å². The van der Waals surface area contributed by atoms with Gasteiger partial charge in [0.1, 0.15) is 4.90 Å². The van der Waals surface area contributed by atoms with Gasteiger partial charge in [0.15, 0.2) is 0 Å². The minimum absolute atomic E-state index is 0.00554. The van der Waals surface area contributed by atoms with Gasteiger partial charge in [-0.25, -0.2) is 8.42 Å². The number of aliphatic hydroxyl groups is 1. The summed E-state index contributed by atoms with van der Waals surface area (Å²) in [6.45, 7) is 3.27. The monoisotopic (exact) mass is 352 g/mol. The molecule has 1 aromatic carbocycles. The van der Waals surface area contributed by atoms with E-state index in [-0.39, 0.29) is 27.6 Å². The molecular weight excluding hydrogens is 335 g/mol. The number of benzene rings is 1. The van der Waals surface area contributed by atoms with E-state index in [2.05, 4.69) is 4.90 Å². The summed E-state index contributed by atoms with van der Waals surface area (Å²) in [6.07, 6.45) is 0. The van der Waals surface area contributed by atoms with Crippen LogP contribution in [-0.4, -0.2) is 55.5 Å².